The topological polar surface area (TPSA) is 88.7 Å². The molecule has 0 heterocycles. The van der Waals surface area contributed by atoms with Crippen molar-refractivity contribution in [2.24, 2.45) is 5.92 Å². The Bertz CT molecular complexity index is 986. The van der Waals surface area contributed by atoms with E-state index >= 15 is 0 Å². The fourth-order valence-electron chi connectivity index (χ4n) is 2.45. The number of hydrazine groups is 1. The number of benzene rings is 2. The van der Waals surface area contributed by atoms with Crippen LogP contribution >= 0.6 is 44.1 Å². The molecular weight excluding hydrogens is 562 g/mol. The summed E-state index contributed by atoms with van der Waals surface area (Å²) in [5.41, 5.74) is 6.36. The Hall–Kier alpha value is -2.17. The van der Waals surface area contributed by atoms with Crippen LogP contribution in [0.5, 0.6) is 11.5 Å². The molecule has 0 unspecified atom stereocenters. The zero-order valence-corrected chi connectivity index (χ0v) is 21.9. The molecule has 0 aliphatic heterocycles. The fraction of sp³-hybridized carbons (Fsp3) is 0.318. The Labute approximate surface area is 209 Å². The van der Waals surface area contributed by atoms with Crippen LogP contribution in [0.2, 0.25) is 0 Å². The van der Waals surface area contributed by atoms with Crippen molar-refractivity contribution in [3.8, 4) is 11.5 Å². The molecule has 2 aromatic carbocycles. The van der Waals surface area contributed by atoms with Gasteiger partial charge >= 0.3 is 0 Å². The lowest BCUT2D eigenvalue weighted by molar-refractivity contribution is -0.123. The number of carbonyl (C=O) groups is 2. The first-order valence-electron chi connectivity index (χ1n) is 9.93. The molecular formula is C22H25Br2N3O4S. The molecule has 7 nitrogen and oxygen atoms in total. The van der Waals surface area contributed by atoms with Crippen molar-refractivity contribution in [1.82, 2.24) is 16.2 Å². The molecule has 0 atom stereocenters. The van der Waals surface area contributed by atoms with Gasteiger partial charge in [-0.3, -0.25) is 25.8 Å². The molecule has 0 bridgehead atoms. The van der Waals surface area contributed by atoms with Crippen LogP contribution in [0, 0.1) is 5.92 Å². The number of thiocarbonyl (C=S) groups is 1. The summed E-state index contributed by atoms with van der Waals surface area (Å²) < 4.78 is 12.7. The quantitative estimate of drug-likeness (QED) is 0.311. The molecule has 172 valence electrons. The van der Waals surface area contributed by atoms with E-state index < -0.39 is 11.8 Å². The Balaban J connectivity index is 1.85. The molecule has 0 spiro atoms. The highest BCUT2D eigenvalue weighted by Gasteiger charge is 2.16. The number of nitrogens with one attached hydrogen (secondary N) is 3. The van der Waals surface area contributed by atoms with Crippen LogP contribution in [-0.4, -0.2) is 30.1 Å². The molecule has 3 N–H and O–H groups in total. The predicted molar refractivity (Wildman–Crippen MR) is 135 cm³/mol. The van der Waals surface area contributed by atoms with E-state index in [9.17, 15) is 9.59 Å². The molecule has 0 saturated heterocycles. The van der Waals surface area contributed by atoms with E-state index in [1.165, 1.54) is 0 Å². The Morgan fingerprint density at radius 1 is 1.03 bits per heavy atom. The third-order valence-corrected chi connectivity index (χ3v) is 5.38. The van der Waals surface area contributed by atoms with Gasteiger partial charge in [-0.15, -0.1) is 0 Å². The van der Waals surface area contributed by atoms with Crippen molar-refractivity contribution >= 4 is 61.0 Å². The molecule has 32 heavy (non-hydrogen) atoms. The highest BCUT2D eigenvalue weighted by molar-refractivity contribution is 9.10. The molecule has 0 radical (unpaired) electrons. The van der Waals surface area contributed by atoms with Crippen LogP contribution in [0.25, 0.3) is 0 Å². The first kappa shape index (κ1) is 26.1. The van der Waals surface area contributed by atoms with E-state index in [0.29, 0.717) is 29.6 Å². The van der Waals surface area contributed by atoms with E-state index in [1.807, 2.05) is 26.0 Å². The summed E-state index contributed by atoms with van der Waals surface area (Å²) in [6.45, 7) is 6.33. The first-order chi connectivity index (χ1) is 15.2. The molecule has 0 saturated carbocycles. The van der Waals surface area contributed by atoms with Gasteiger partial charge < -0.3 is 9.47 Å². The second-order valence-corrected chi connectivity index (χ2v) is 9.39. The Morgan fingerprint density at radius 2 is 1.75 bits per heavy atom. The maximum atomic E-state index is 12.6. The number of aryl methyl sites for hydroxylation is 1. The summed E-state index contributed by atoms with van der Waals surface area (Å²) in [6.07, 6.45) is 0.901. The Morgan fingerprint density at radius 3 is 2.41 bits per heavy atom. The second kappa shape index (κ2) is 12.8. The summed E-state index contributed by atoms with van der Waals surface area (Å²) in [5, 5.41) is 2.46. The highest BCUT2D eigenvalue weighted by Crippen LogP contribution is 2.26. The van der Waals surface area contributed by atoms with Crippen molar-refractivity contribution in [3.05, 3.63) is 56.5 Å². The van der Waals surface area contributed by atoms with Gasteiger partial charge in [-0.05, 0) is 76.4 Å². The molecule has 10 heteroatoms. The fourth-order valence-corrected chi connectivity index (χ4v) is 3.50. The van der Waals surface area contributed by atoms with Gasteiger partial charge in [-0.25, -0.2) is 0 Å². The highest BCUT2D eigenvalue weighted by atomic mass is 79.9. The summed E-state index contributed by atoms with van der Waals surface area (Å²) in [7, 11) is 0. The normalized spacial score (nSPS) is 10.4. The largest absolute Gasteiger partial charge is 0.492 e. The average molecular weight is 587 g/mol. The maximum absolute atomic E-state index is 12.6. The van der Waals surface area contributed by atoms with Gasteiger partial charge in [0.15, 0.2) is 11.7 Å². The number of amides is 2. The number of hydrogen-bond donors (Lipinski definition) is 3. The lowest BCUT2D eigenvalue weighted by atomic mass is 10.2. The molecule has 2 amide bonds. The molecule has 0 aromatic heterocycles. The van der Waals surface area contributed by atoms with Gasteiger partial charge in [-0.1, -0.05) is 42.8 Å². The maximum Gasteiger partial charge on any atom is 0.276 e. The third-order valence-electron chi connectivity index (χ3n) is 4.06. The third kappa shape index (κ3) is 8.40. The molecule has 0 fully saturated rings. The van der Waals surface area contributed by atoms with Gasteiger partial charge in [-0.2, -0.15) is 0 Å². The van der Waals surface area contributed by atoms with E-state index in [1.54, 1.807) is 24.3 Å². The van der Waals surface area contributed by atoms with E-state index in [-0.39, 0.29) is 11.7 Å². The monoisotopic (exact) mass is 585 g/mol. The first-order valence-corrected chi connectivity index (χ1v) is 11.9. The minimum absolute atomic E-state index is 0.0633. The average Bonchev–Trinajstić information content (AvgIpc) is 2.75. The summed E-state index contributed by atoms with van der Waals surface area (Å²) in [4.78, 5) is 24.7. The van der Waals surface area contributed by atoms with Crippen LogP contribution in [0.3, 0.4) is 0 Å². The summed E-state index contributed by atoms with van der Waals surface area (Å²) in [5.74, 6) is 0.375. The van der Waals surface area contributed by atoms with Crippen molar-refractivity contribution in [2.75, 3.05) is 13.2 Å². The van der Waals surface area contributed by atoms with Gasteiger partial charge in [0.05, 0.1) is 16.6 Å². The number of halogens is 2. The smallest absolute Gasteiger partial charge is 0.276 e. The van der Waals surface area contributed by atoms with Crippen molar-refractivity contribution in [3.63, 3.8) is 0 Å². The summed E-state index contributed by atoms with van der Waals surface area (Å²) >= 11 is 11.9. The SMILES string of the molecule is CCc1ccc(OCC(=O)NNC(=S)NC(=O)c2cc(Br)ccc2OCC(C)C)c(Br)c1. The molecule has 2 rings (SSSR count). The van der Waals surface area contributed by atoms with Crippen LogP contribution in [0.4, 0.5) is 0 Å². The van der Waals surface area contributed by atoms with Crippen molar-refractivity contribution in [1.29, 1.82) is 0 Å². The van der Waals surface area contributed by atoms with E-state index in [0.717, 1.165) is 20.9 Å². The van der Waals surface area contributed by atoms with Crippen LogP contribution < -0.4 is 25.6 Å². The lowest BCUT2D eigenvalue weighted by Crippen LogP contribution is -2.49. The number of ether oxygens (including phenoxy) is 2. The van der Waals surface area contributed by atoms with Gasteiger partial charge in [0, 0.05) is 4.47 Å². The second-order valence-electron chi connectivity index (χ2n) is 7.21. The van der Waals surface area contributed by atoms with Crippen LogP contribution in [0.1, 0.15) is 36.7 Å². The van der Waals surface area contributed by atoms with Crippen LogP contribution in [-0.2, 0) is 11.2 Å². The Kier molecular flexibility index (Phi) is 10.4. The zero-order valence-electron chi connectivity index (χ0n) is 18.0. The van der Waals surface area contributed by atoms with Gasteiger partial charge in [0.25, 0.3) is 11.8 Å². The van der Waals surface area contributed by atoms with Crippen LogP contribution in [0.15, 0.2) is 45.3 Å². The minimum atomic E-state index is -0.465. The van der Waals surface area contributed by atoms with E-state index in [4.69, 9.17) is 21.7 Å². The molecule has 0 aliphatic rings. The molecule has 0 aliphatic carbocycles. The van der Waals surface area contributed by atoms with E-state index in [2.05, 4.69) is 55.0 Å². The van der Waals surface area contributed by atoms with Crippen molar-refractivity contribution in [2.45, 2.75) is 27.2 Å². The minimum Gasteiger partial charge on any atom is -0.492 e. The number of carbonyl (C=O) groups excluding carboxylic acids is 2. The van der Waals surface area contributed by atoms with Crippen molar-refractivity contribution < 1.29 is 19.1 Å². The number of rotatable bonds is 8. The molecule has 2 aromatic rings. The summed E-state index contributed by atoms with van der Waals surface area (Å²) in [6, 6.07) is 10.8. The predicted octanol–water partition coefficient (Wildman–Crippen LogP) is 4.52. The standard InChI is InChI=1S/C22H25Br2N3O4S/c1-4-14-5-7-19(17(24)9-14)31-12-20(28)26-27-22(32)25-21(29)16-10-15(23)6-8-18(16)30-11-13(2)3/h5-10,13H,4,11-12H2,1-3H3,(H,26,28)(H2,25,27,29,32). The van der Waals surface area contributed by atoms with Gasteiger partial charge in [0.1, 0.15) is 11.5 Å². The lowest BCUT2D eigenvalue weighted by Gasteiger charge is -2.15. The number of hydrogen-bond acceptors (Lipinski definition) is 5. The van der Waals surface area contributed by atoms with Gasteiger partial charge in [0.2, 0.25) is 0 Å². The zero-order chi connectivity index (χ0) is 23.7.